The van der Waals surface area contributed by atoms with Gasteiger partial charge in [-0.1, -0.05) is 35.5 Å². The van der Waals surface area contributed by atoms with Gasteiger partial charge in [0.25, 0.3) is 0 Å². The molecule has 1 aromatic carbocycles. The molecule has 4 rings (SSSR count). The zero-order chi connectivity index (χ0) is 19.7. The van der Waals surface area contributed by atoms with Gasteiger partial charge in [-0.25, -0.2) is 13.4 Å². The van der Waals surface area contributed by atoms with Gasteiger partial charge in [0.1, 0.15) is 5.82 Å². The highest BCUT2D eigenvalue weighted by molar-refractivity contribution is 7.98. The van der Waals surface area contributed by atoms with Crippen molar-refractivity contribution in [1.29, 1.82) is 0 Å². The van der Waals surface area contributed by atoms with Gasteiger partial charge < -0.3 is 4.57 Å². The smallest absolute Gasteiger partial charge is 0.191 e. The normalized spacial score (nSPS) is 18.6. The van der Waals surface area contributed by atoms with Gasteiger partial charge in [-0.2, -0.15) is 0 Å². The van der Waals surface area contributed by atoms with Crippen molar-refractivity contribution in [2.75, 3.05) is 11.5 Å². The van der Waals surface area contributed by atoms with E-state index in [9.17, 15) is 8.42 Å². The Morgan fingerprint density at radius 1 is 1.29 bits per heavy atom. The largest absolute Gasteiger partial charge is 0.309 e. The third-order valence-corrected chi connectivity index (χ3v) is 8.65. The Morgan fingerprint density at radius 2 is 2.07 bits per heavy atom. The van der Waals surface area contributed by atoms with E-state index in [1.54, 1.807) is 23.1 Å². The van der Waals surface area contributed by atoms with Crippen molar-refractivity contribution in [2.45, 2.75) is 29.7 Å². The van der Waals surface area contributed by atoms with Crippen molar-refractivity contribution in [3.05, 3.63) is 56.8 Å². The number of nitrogens with zero attached hydrogens (tertiary/aromatic N) is 4. The van der Waals surface area contributed by atoms with Crippen LogP contribution in [0.25, 0.3) is 0 Å². The molecule has 3 aromatic rings. The van der Waals surface area contributed by atoms with Crippen LogP contribution < -0.4 is 0 Å². The molecule has 1 saturated heterocycles. The molecule has 1 aliphatic heterocycles. The van der Waals surface area contributed by atoms with Crippen LogP contribution in [0.3, 0.4) is 0 Å². The number of aromatic nitrogens is 4. The number of sulfone groups is 1. The second-order valence-corrected chi connectivity index (χ2v) is 11.4. The Hall–Kier alpha value is -1.42. The summed E-state index contributed by atoms with van der Waals surface area (Å²) in [5.74, 6) is 1.81. The Kier molecular flexibility index (Phi) is 5.78. The molecule has 0 bridgehead atoms. The maximum absolute atomic E-state index is 11.7. The van der Waals surface area contributed by atoms with E-state index in [0.29, 0.717) is 12.2 Å². The van der Waals surface area contributed by atoms with Crippen LogP contribution >= 0.6 is 34.7 Å². The summed E-state index contributed by atoms with van der Waals surface area (Å²) in [6.45, 7) is 0. The zero-order valence-corrected chi connectivity index (χ0v) is 18.4. The minimum atomic E-state index is -2.94. The summed E-state index contributed by atoms with van der Waals surface area (Å²) < 4.78 is 25.3. The van der Waals surface area contributed by atoms with Crippen LogP contribution in [0.2, 0.25) is 5.02 Å². The van der Waals surface area contributed by atoms with Crippen LogP contribution in [-0.4, -0.2) is 39.7 Å². The average molecular weight is 455 g/mol. The van der Waals surface area contributed by atoms with E-state index in [0.717, 1.165) is 33.1 Å². The third-order valence-electron chi connectivity index (χ3n) is 4.68. The number of thiazole rings is 1. The molecule has 2 aromatic heterocycles. The lowest BCUT2D eigenvalue weighted by atomic mass is 10.1. The topological polar surface area (TPSA) is 77.7 Å². The summed E-state index contributed by atoms with van der Waals surface area (Å²) in [6.07, 6.45) is 1.41. The molecule has 0 radical (unpaired) electrons. The summed E-state index contributed by atoms with van der Waals surface area (Å²) in [4.78, 5) is 4.70. The molecule has 0 spiro atoms. The fraction of sp³-hybridized carbons (Fsp3) is 0.389. The van der Waals surface area contributed by atoms with Gasteiger partial charge in [0.15, 0.2) is 15.0 Å². The molecule has 0 amide bonds. The molecule has 10 heteroatoms. The number of thioether (sulfide) groups is 1. The summed E-state index contributed by atoms with van der Waals surface area (Å²) in [5, 5.41) is 13.1. The second kappa shape index (κ2) is 8.14. The van der Waals surface area contributed by atoms with Gasteiger partial charge in [-0.15, -0.1) is 21.5 Å². The lowest BCUT2D eigenvalue weighted by Gasteiger charge is -2.07. The SMILES string of the molecule is Cn1c(SCc2csc(Cc3ccc(Cl)cc3)n2)nnc1C1CCS(=O)(=O)C1. The van der Waals surface area contributed by atoms with Crippen LogP contribution in [-0.2, 0) is 29.1 Å². The number of hydrogen-bond acceptors (Lipinski definition) is 7. The molecule has 6 nitrogen and oxygen atoms in total. The van der Waals surface area contributed by atoms with E-state index >= 15 is 0 Å². The highest BCUT2D eigenvalue weighted by atomic mass is 35.5. The Labute approximate surface area is 177 Å². The fourth-order valence-electron chi connectivity index (χ4n) is 3.22. The number of halogens is 1. The van der Waals surface area contributed by atoms with Crippen molar-refractivity contribution >= 4 is 44.5 Å². The van der Waals surface area contributed by atoms with Crippen LogP contribution in [0.4, 0.5) is 0 Å². The maximum Gasteiger partial charge on any atom is 0.191 e. The molecule has 0 N–H and O–H groups in total. The molecule has 28 heavy (non-hydrogen) atoms. The quantitative estimate of drug-likeness (QED) is 0.528. The van der Waals surface area contributed by atoms with Crippen molar-refractivity contribution in [3.8, 4) is 0 Å². The predicted molar refractivity (Wildman–Crippen MR) is 113 cm³/mol. The lowest BCUT2D eigenvalue weighted by molar-refractivity contribution is 0.599. The maximum atomic E-state index is 11.7. The van der Waals surface area contributed by atoms with Crippen molar-refractivity contribution in [2.24, 2.45) is 7.05 Å². The van der Waals surface area contributed by atoms with E-state index in [1.807, 2.05) is 35.9 Å². The lowest BCUT2D eigenvalue weighted by Crippen LogP contribution is -2.09. The van der Waals surface area contributed by atoms with Crippen LogP contribution in [0.5, 0.6) is 0 Å². The van der Waals surface area contributed by atoms with E-state index < -0.39 is 9.84 Å². The Balaban J connectivity index is 1.37. The highest BCUT2D eigenvalue weighted by Gasteiger charge is 2.32. The zero-order valence-electron chi connectivity index (χ0n) is 15.2. The fourth-order valence-corrected chi connectivity index (χ4v) is 6.83. The standard InChI is InChI=1S/C18H19ClN4O2S3/c1-23-17(13-6-7-28(24,25)11-13)21-22-18(23)27-10-15-9-26-16(20-15)8-12-2-4-14(19)5-3-12/h2-5,9,13H,6-8,10-11H2,1H3. The summed E-state index contributed by atoms with van der Waals surface area (Å²) in [6, 6.07) is 7.82. The predicted octanol–water partition coefficient (Wildman–Crippen LogP) is 3.71. The van der Waals surface area contributed by atoms with Gasteiger partial charge in [0.2, 0.25) is 0 Å². The molecular weight excluding hydrogens is 436 g/mol. The van der Waals surface area contributed by atoms with Crippen LogP contribution in [0.15, 0.2) is 34.8 Å². The molecule has 148 valence electrons. The van der Waals surface area contributed by atoms with Crippen molar-refractivity contribution < 1.29 is 8.42 Å². The first-order valence-electron chi connectivity index (χ1n) is 8.80. The summed E-state index contributed by atoms with van der Waals surface area (Å²) in [7, 11) is -1.04. The van der Waals surface area contributed by atoms with E-state index in [2.05, 4.69) is 15.6 Å². The van der Waals surface area contributed by atoms with Crippen LogP contribution in [0.1, 0.15) is 34.4 Å². The Bertz CT molecular complexity index is 1080. The van der Waals surface area contributed by atoms with E-state index in [-0.39, 0.29) is 17.4 Å². The van der Waals surface area contributed by atoms with Gasteiger partial charge >= 0.3 is 0 Å². The van der Waals surface area contributed by atoms with E-state index in [1.165, 1.54) is 5.56 Å². The molecule has 0 aliphatic carbocycles. The number of benzene rings is 1. The first-order valence-corrected chi connectivity index (χ1v) is 12.9. The molecule has 1 aliphatic rings. The van der Waals surface area contributed by atoms with Gasteiger partial charge in [-0.3, -0.25) is 0 Å². The van der Waals surface area contributed by atoms with Gasteiger partial charge in [0, 0.05) is 35.5 Å². The second-order valence-electron chi connectivity index (χ2n) is 6.82. The van der Waals surface area contributed by atoms with Gasteiger partial charge in [0.05, 0.1) is 22.2 Å². The molecule has 0 saturated carbocycles. The minimum absolute atomic E-state index is 0.0536. The first kappa shape index (κ1) is 19.9. The molecule has 3 heterocycles. The van der Waals surface area contributed by atoms with Gasteiger partial charge in [-0.05, 0) is 24.1 Å². The van der Waals surface area contributed by atoms with E-state index in [4.69, 9.17) is 16.6 Å². The summed E-state index contributed by atoms with van der Waals surface area (Å²) >= 11 is 9.14. The first-order chi connectivity index (χ1) is 13.4. The highest BCUT2D eigenvalue weighted by Crippen LogP contribution is 2.30. The molecular formula is C18H19ClN4O2S3. The van der Waals surface area contributed by atoms with Crippen LogP contribution in [0, 0.1) is 0 Å². The molecule has 1 atom stereocenters. The Morgan fingerprint density at radius 3 is 2.79 bits per heavy atom. The summed E-state index contributed by atoms with van der Waals surface area (Å²) in [5.41, 5.74) is 2.19. The monoisotopic (exact) mass is 454 g/mol. The minimum Gasteiger partial charge on any atom is -0.309 e. The van der Waals surface area contributed by atoms with Crippen molar-refractivity contribution in [3.63, 3.8) is 0 Å². The number of rotatable bonds is 6. The molecule has 1 fully saturated rings. The van der Waals surface area contributed by atoms with Crippen molar-refractivity contribution in [1.82, 2.24) is 19.7 Å². The third kappa shape index (κ3) is 4.59. The average Bonchev–Trinajstić information content (AvgIpc) is 3.34. The molecule has 1 unspecified atom stereocenters. The number of hydrogen-bond donors (Lipinski definition) is 0.